The number of carbonyl (C=O) groups is 2. The summed E-state index contributed by atoms with van der Waals surface area (Å²) in [6.07, 6.45) is 0.516. The Morgan fingerprint density at radius 1 is 1.03 bits per heavy atom. The van der Waals surface area contributed by atoms with Gasteiger partial charge in [0.2, 0.25) is 5.91 Å². The van der Waals surface area contributed by atoms with Gasteiger partial charge < -0.3 is 15.0 Å². The number of hydrogen-bond acceptors (Lipinski definition) is 3. The highest BCUT2D eigenvalue weighted by Gasteiger charge is 2.31. The van der Waals surface area contributed by atoms with Crippen LogP contribution in [0.4, 0.5) is 0 Å². The van der Waals surface area contributed by atoms with E-state index < -0.39 is 6.04 Å². The van der Waals surface area contributed by atoms with Crippen LogP contribution in [0.25, 0.3) is 0 Å². The van der Waals surface area contributed by atoms with Crippen LogP contribution < -0.4 is 10.1 Å². The van der Waals surface area contributed by atoms with Crippen molar-refractivity contribution in [3.05, 3.63) is 64.2 Å². The summed E-state index contributed by atoms with van der Waals surface area (Å²) in [4.78, 5) is 28.1. The van der Waals surface area contributed by atoms with Gasteiger partial charge in [-0.1, -0.05) is 37.3 Å². The zero-order chi connectivity index (χ0) is 24.1. The van der Waals surface area contributed by atoms with Gasteiger partial charge in [-0.15, -0.1) is 0 Å². The van der Waals surface area contributed by atoms with E-state index in [1.165, 1.54) is 0 Å². The first-order valence-electron chi connectivity index (χ1n) is 11.3. The molecule has 0 spiro atoms. The molecule has 0 aliphatic rings. The van der Waals surface area contributed by atoms with Gasteiger partial charge in [-0.3, -0.25) is 9.59 Å². The number of carbonyl (C=O) groups excluding carboxylic acids is 2. The molecule has 174 valence electrons. The number of nitrogens with zero attached hydrogens (tertiary/aromatic N) is 1. The highest BCUT2D eigenvalue weighted by atomic mass is 16.5. The summed E-state index contributed by atoms with van der Waals surface area (Å²) in [5.41, 5.74) is 4.96. The number of aryl methyl sites for hydroxylation is 3. The largest absolute Gasteiger partial charge is 0.483 e. The molecule has 2 aromatic carbocycles. The van der Waals surface area contributed by atoms with E-state index in [1.54, 1.807) is 4.90 Å². The molecule has 0 saturated heterocycles. The van der Waals surface area contributed by atoms with Gasteiger partial charge in [-0.25, -0.2) is 0 Å². The highest BCUT2D eigenvalue weighted by Crippen LogP contribution is 2.24. The van der Waals surface area contributed by atoms with Gasteiger partial charge in [0, 0.05) is 12.1 Å². The lowest BCUT2D eigenvalue weighted by molar-refractivity contribution is -0.143. The number of benzene rings is 2. The Morgan fingerprint density at radius 3 is 2.28 bits per heavy atom. The fourth-order valence-electron chi connectivity index (χ4n) is 3.72. The van der Waals surface area contributed by atoms with Crippen LogP contribution in [0.15, 0.2) is 36.4 Å². The van der Waals surface area contributed by atoms with Crippen molar-refractivity contribution in [2.75, 3.05) is 6.61 Å². The lowest BCUT2D eigenvalue weighted by atomic mass is 10.0. The molecule has 2 aromatic rings. The molecule has 32 heavy (non-hydrogen) atoms. The Bertz CT molecular complexity index is 960. The quantitative estimate of drug-likeness (QED) is 0.629. The predicted molar refractivity (Wildman–Crippen MR) is 130 cm³/mol. The summed E-state index contributed by atoms with van der Waals surface area (Å²) in [6.45, 7) is 16.0. The third kappa shape index (κ3) is 6.84. The monoisotopic (exact) mass is 438 g/mol. The maximum Gasteiger partial charge on any atom is 0.261 e. The van der Waals surface area contributed by atoms with Crippen molar-refractivity contribution >= 4 is 11.8 Å². The van der Waals surface area contributed by atoms with E-state index in [2.05, 4.69) is 11.4 Å². The van der Waals surface area contributed by atoms with Crippen molar-refractivity contribution in [2.45, 2.75) is 79.9 Å². The van der Waals surface area contributed by atoms with Crippen LogP contribution in [0.1, 0.15) is 61.9 Å². The fourth-order valence-corrected chi connectivity index (χ4v) is 3.72. The van der Waals surface area contributed by atoms with Gasteiger partial charge in [0.25, 0.3) is 5.91 Å². The molecule has 0 aromatic heterocycles. The van der Waals surface area contributed by atoms with Gasteiger partial charge >= 0.3 is 0 Å². The van der Waals surface area contributed by atoms with Gasteiger partial charge in [0.1, 0.15) is 11.8 Å². The number of amides is 2. The lowest BCUT2D eigenvalue weighted by Crippen LogP contribution is -2.54. The third-order valence-corrected chi connectivity index (χ3v) is 5.60. The zero-order valence-electron chi connectivity index (χ0n) is 20.8. The molecule has 2 amide bonds. The second-order valence-electron chi connectivity index (χ2n) is 9.61. The molecule has 0 saturated carbocycles. The molecular weight excluding hydrogens is 400 g/mol. The number of nitrogens with one attached hydrogen (secondary N) is 1. The Kier molecular flexibility index (Phi) is 8.48. The highest BCUT2D eigenvalue weighted by molar-refractivity contribution is 5.88. The summed E-state index contributed by atoms with van der Waals surface area (Å²) in [6, 6.07) is 11.4. The number of hydrogen-bond donors (Lipinski definition) is 1. The molecule has 5 heteroatoms. The molecule has 0 aliphatic heterocycles. The topological polar surface area (TPSA) is 58.6 Å². The minimum atomic E-state index is -0.578. The molecule has 1 N–H and O–H groups in total. The molecule has 2 rings (SSSR count). The van der Waals surface area contributed by atoms with E-state index in [-0.39, 0.29) is 24.0 Å². The first kappa shape index (κ1) is 25.4. The van der Waals surface area contributed by atoms with E-state index in [4.69, 9.17) is 4.74 Å². The minimum Gasteiger partial charge on any atom is -0.483 e. The second-order valence-corrected chi connectivity index (χ2v) is 9.61. The third-order valence-electron chi connectivity index (χ3n) is 5.60. The molecular formula is C27H38N2O3. The second kappa shape index (κ2) is 10.7. The first-order valence-corrected chi connectivity index (χ1v) is 11.3. The summed E-state index contributed by atoms with van der Waals surface area (Å²) >= 11 is 0. The summed E-state index contributed by atoms with van der Waals surface area (Å²) in [5, 5.41) is 3.03. The van der Waals surface area contributed by atoms with Crippen LogP contribution in [0, 0.1) is 27.7 Å². The van der Waals surface area contributed by atoms with Crippen molar-refractivity contribution < 1.29 is 14.3 Å². The van der Waals surface area contributed by atoms with Crippen LogP contribution in [-0.2, 0) is 16.1 Å². The summed E-state index contributed by atoms with van der Waals surface area (Å²) in [5.74, 6) is 0.353. The fraction of sp³-hybridized carbons (Fsp3) is 0.481. The lowest BCUT2D eigenvalue weighted by Gasteiger charge is -2.33. The van der Waals surface area contributed by atoms with E-state index >= 15 is 0 Å². The Balaban J connectivity index is 2.31. The van der Waals surface area contributed by atoms with Gasteiger partial charge in [-0.05, 0) is 88.8 Å². The van der Waals surface area contributed by atoms with Crippen LogP contribution >= 0.6 is 0 Å². The number of ether oxygens (including phenoxy) is 1. The van der Waals surface area contributed by atoms with Crippen molar-refractivity contribution in [3.8, 4) is 5.75 Å². The normalized spacial score (nSPS) is 12.2. The molecule has 0 unspecified atom stereocenters. The van der Waals surface area contributed by atoms with Crippen LogP contribution in [0.3, 0.4) is 0 Å². The Morgan fingerprint density at radius 2 is 1.69 bits per heavy atom. The molecule has 0 radical (unpaired) electrons. The standard InChI is InChI=1S/C27H38N2O3/c1-9-23(26(31)28-27(6,7)8)29(16-22-13-11-10-12-19(22)3)25(30)17-32-24-15-18(2)14-20(4)21(24)5/h10-15,23H,9,16-17H2,1-8H3,(H,28,31)/t23-/m0/s1. The molecule has 0 bridgehead atoms. The SMILES string of the molecule is CC[C@@H](C(=O)NC(C)(C)C)N(Cc1ccccc1C)C(=O)COc1cc(C)cc(C)c1C. The van der Waals surface area contributed by atoms with Crippen molar-refractivity contribution in [1.29, 1.82) is 0 Å². The molecule has 5 nitrogen and oxygen atoms in total. The molecule has 0 fully saturated rings. The first-order chi connectivity index (χ1) is 14.9. The van der Waals surface area contributed by atoms with E-state index in [1.807, 2.05) is 85.7 Å². The van der Waals surface area contributed by atoms with Crippen molar-refractivity contribution in [3.63, 3.8) is 0 Å². The zero-order valence-corrected chi connectivity index (χ0v) is 20.8. The van der Waals surface area contributed by atoms with Crippen LogP contribution in [0.5, 0.6) is 5.75 Å². The van der Waals surface area contributed by atoms with E-state index in [0.717, 1.165) is 27.8 Å². The Labute approximate surface area is 193 Å². The average Bonchev–Trinajstić information content (AvgIpc) is 2.69. The Hall–Kier alpha value is -2.82. The van der Waals surface area contributed by atoms with Gasteiger partial charge in [0.05, 0.1) is 0 Å². The molecule has 0 aliphatic carbocycles. The summed E-state index contributed by atoms with van der Waals surface area (Å²) < 4.78 is 5.96. The molecule has 0 heterocycles. The predicted octanol–water partition coefficient (Wildman–Crippen LogP) is 5.02. The minimum absolute atomic E-state index is 0.116. The van der Waals surface area contributed by atoms with Gasteiger partial charge in [0.15, 0.2) is 6.61 Å². The van der Waals surface area contributed by atoms with Crippen molar-refractivity contribution in [1.82, 2.24) is 10.2 Å². The van der Waals surface area contributed by atoms with E-state index in [0.29, 0.717) is 18.7 Å². The van der Waals surface area contributed by atoms with Gasteiger partial charge in [-0.2, -0.15) is 0 Å². The molecule has 1 atom stereocenters. The van der Waals surface area contributed by atoms with Crippen LogP contribution in [-0.4, -0.2) is 34.9 Å². The smallest absolute Gasteiger partial charge is 0.261 e. The maximum absolute atomic E-state index is 13.4. The van der Waals surface area contributed by atoms with Crippen LogP contribution in [0.2, 0.25) is 0 Å². The van der Waals surface area contributed by atoms with Crippen molar-refractivity contribution in [2.24, 2.45) is 0 Å². The van der Waals surface area contributed by atoms with E-state index in [9.17, 15) is 9.59 Å². The number of rotatable bonds is 8. The summed E-state index contributed by atoms with van der Waals surface area (Å²) in [7, 11) is 0. The maximum atomic E-state index is 13.4. The average molecular weight is 439 g/mol.